The first-order valence-electron chi connectivity index (χ1n) is 8.39. The SMILES string of the molecule is COc1cccc([C@@H](C)Nc2cnc3cc(-c4cn[nH]c4)ccc3n2)c1.Cl. The van der Waals surface area contributed by atoms with Gasteiger partial charge in [-0.3, -0.25) is 10.1 Å². The van der Waals surface area contributed by atoms with E-state index in [2.05, 4.69) is 38.5 Å². The first-order chi connectivity index (χ1) is 12.7. The van der Waals surface area contributed by atoms with Gasteiger partial charge in [-0.1, -0.05) is 18.2 Å². The molecular weight excluding hydrogens is 362 g/mol. The van der Waals surface area contributed by atoms with E-state index in [1.807, 2.05) is 42.6 Å². The van der Waals surface area contributed by atoms with Crippen LogP contribution >= 0.6 is 12.4 Å². The number of aromatic amines is 1. The van der Waals surface area contributed by atoms with Crippen LogP contribution < -0.4 is 10.1 Å². The molecule has 1 atom stereocenters. The molecule has 0 aliphatic carbocycles. The minimum absolute atomic E-state index is 0. The molecule has 27 heavy (non-hydrogen) atoms. The van der Waals surface area contributed by atoms with Crippen LogP contribution in [-0.4, -0.2) is 27.3 Å². The average molecular weight is 382 g/mol. The van der Waals surface area contributed by atoms with Gasteiger partial charge in [0.1, 0.15) is 11.6 Å². The van der Waals surface area contributed by atoms with Crippen molar-refractivity contribution in [1.82, 2.24) is 20.2 Å². The fourth-order valence-electron chi connectivity index (χ4n) is 2.88. The molecule has 0 amide bonds. The maximum absolute atomic E-state index is 5.29. The summed E-state index contributed by atoms with van der Waals surface area (Å²) < 4.78 is 5.29. The minimum atomic E-state index is 0. The fraction of sp³-hybridized carbons (Fsp3) is 0.150. The van der Waals surface area contributed by atoms with Crippen LogP contribution in [0.25, 0.3) is 22.2 Å². The Morgan fingerprint density at radius 2 is 1.93 bits per heavy atom. The molecule has 2 N–H and O–H groups in total. The number of halogens is 1. The summed E-state index contributed by atoms with van der Waals surface area (Å²) in [5, 5.41) is 10.2. The number of nitrogens with one attached hydrogen (secondary N) is 2. The van der Waals surface area contributed by atoms with Gasteiger partial charge in [-0.2, -0.15) is 5.10 Å². The Hall–Kier alpha value is -3.12. The highest BCUT2D eigenvalue weighted by Gasteiger charge is 2.09. The Kier molecular flexibility index (Phi) is 5.57. The zero-order valence-electron chi connectivity index (χ0n) is 15.0. The Balaban J connectivity index is 0.00000210. The molecule has 4 aromatic rings. The molecule has 0 aliphatic rings. The number of hydrogen-bond donors (Lipinski definition) is 2. The Bertz CT molecular complexity index is 1040. The van der Waals surface area contributed by atoms with Crippen LogP contribution in [0.15, 0.2) is 61.1 Å². The molecule has 0 radical (unpaired) electrons. The summed E-state index contributed by atoms with van der Waals surface area (Å²) in [7, 11) is 1.67. The highest BCUT2D eigenvalue weighted by molar-refractivity contribution is 5.85. The van der Waals surface area contributed by atoms with E-state index in [-0.39, 0.29) is 18.4 Å². The average Bonchev–Trinajstić information content (AvgIpc) is 3.22. The number of ether oxygens (including phenoxy) is 1. The molecule has 6 nitrogen and oxygen atoms in total. The lowest BCUT2D eigenvalue weighted by molar-refractivity contribution is 0.414. The minimum Gasteiger partial charge on any atom is -0.497 e. The molecule has 0 saturated carbocycles. The van der Waals surface area contributed by atoms with E-state index in [9.17, 15) is 0 Å². The van der Waals surface area contributed by atoms with Gasteiger partial charge in [-0.05, 0) is 42.3 Å². The van der Waals surface area contributed by atoms with Crippen LogP contribution in [0, 0.1) is 0 Å². The molecule has 138 valence electrons. The van der Waals surface area contributed by atoms with Gasteiger partial charge in [0.15, 0.2) is 0 Å². The maximum Gasteiger partial charge on any atom is 0.145 e. The lowest BCUT2D eigenvalue weighted by Crippen LogP contribution is -2.08. The number of benzene rings is 2. The van der Waals surface area contributed by atoms with E-state index < -0.39 is 0 Å². The van der Waals surface area contributed by atoms with Crippen LogP contribution in [0.4, 0.5) is 5.82 Å². The molecule has 2 aromatic carbocycles. The van der Waals surface area contributed by atoms with Gasteiger partial charge in [0, 0.05) is 11.8 Å². The van der Waals surface area contributed by atoms with Crippen molar-refractivity contribution in [1.29, 1.82) is 0 Å². The van der Waals surface area contributed by atoms with Crippen molar-refractivity contribution in [2.75, 3.05) is 12.4 Å². The maximum atomic E-state index is 5.29. The molecule has 2 aromatic heterocycles. The molecular formula is C20H20ClN5O. The monoisotopic (exact) mass is 381 g/mol. The lowest BCUT2D eigenvalue weighted by Gasteiger charge is -2.16. The first kappa shape index (κ1) is 18.7. The second kappa shape index (κ2) is 8.05. The first-order valence-corrected chi connectivity index (χ1v) is 8.39. The van der Waals surface area contributed by atoms with E-state index in [0.29, 0.717) is 0 Å². The summed E-state index contributed by atoms with van der Waals surface area (Å²) in [5.74, 6) is 1.58. The van der Waals surface area contributed by atoms with Gasteiger partial charge in [0.25, 0.3) is 0 Å². The summed E-state index contributed by atoms with van der Waals surface area (Å²) in [6, 6.07) is 14.1. The van der Waals surface area contributed by atoms with Gasteiger partial charge in [0.2, 0.25) is 0 Å². The Morgan fingerprint density at radius 1 is 1.04 bits per heavy atom. The van der Waals surface area contributed by atoms with Gasteiger partial charge in [-0.15, -0.1) is 12.4 Å². The number of rotatable bonds is 5. The molecule has 0 unspecified atom stereocenters. The van der Waals surface area contributed by atoms with Crippen molar-refractivity contribution in [3.8, 4) is 16.9 Å². The van der Waals surface area contributed by atoms with Crippen LogP contribution in [0.3, 0.4) is 0 Å². The summed E-state index contributed by atoms with van der Waals surface area (Å²) in [6.45, 7) is 2.09. The molecule has 7 heteroatoms. The predicted octanol–water partition coefficient (Wildman–Crippen LogP) is 4.62. The van der Waals surface area contributed by atoms with Crippen LogP contribution in [0.5, 0.6) is 5.75 Å². The van der Waals surface area contributed by atoms with E-state index >= 15 is 0 Å². The molecule has 0 aliphatic heterocycles. The molecule has 0 saturated heterocycles. The summed E-state index contributed by atoms with van der Waals surface area (Å²) in [4.78, 5) is 9.23. The third-order valence-corrected chi connectivity index (χ3v) is 4.33. The standard InChI is InChI=1S/C20H19N5O.ClH/c1-13(14-4-3-5-17(8-14)26-2)24-20-12-21-19-9-15(6-7-18(19)25-20)16-10-22-23-11-16;/h3-13H,1-2H3,(H,22,23)(H,24,25);1H/t13-;/m1./s1. The molecule has 0 fully saturated rings. The van der Waals surface area contributed by atoms with Gasteiger partial charge >= 0.3 is 0 Å². The molecule has 0 bridgehead atoms. The number of aromatic nitrogens is 4. The van der Waals surface area contributed by atoms with E-state index in [1.54, 1.807) is 19.5 Å². The highest BCUT2D eigenvalue weighted by Crippen LogP contribution is 2.25. The third kappa shape index (κ3) is 4.01. The lowest BCUT2D eigenvalue weighted by atomic mass is 10.1. The van der Waals surface area contributed by atoms with Crippen LogP contribution in [0.1, 0.15) is 18.5 Å². The number of nitrogens with zero attached hydrogens (tertiary/aromatic N) is 3. The summed E-state index contributed by atoms with van der Waals surface area (Å²) in [5.41, 5.74) is 4.92. The number of H-pyrrole nitrogens is 1. The zero-order valence-corrected chi connectivity index (χ0v) is 15.8. The smallest absolute Gasteiger partial charge is 0.145 e. The van der Waals surface area contributed by atoms with Crippen LogP contribution in [0.2, 0.25) is 0 Å². The number of hydrogen-bond acceptors (Lipinski definition) is 5. The molecule has 2 heterocycles. The van der Waals surface area contributed by atoms with E-state index in [0.717, 1.165) is 39.3 Å². The van der Waals surface area contributed by atoms with Gasteiger partial charge in [-0.25, -0.2) is 4.98 Å². The van der Waals surface area contributed by atoms with Gasteiger partial charge < -0.3 is 10.1 Å². The number of fused-ring (bicyclic) bond motifs is 1. The van der Waals surface area contributed by atoms with E-state index in [4.69, 9.17) is 4.74 Å². The van der Waals surface area contributed by atoms with Crippen molar-refractivity contribution >= 4 is 29.3 Å². The predicted molar refractivity (Wildman–Crippen MR) is 109 cm³/mol. The second-order valence-electron chi connectivity index (χ2n) is 6.09. The second-order valence-corrected chi connectivity index (χ2v) is 6.09. The third-order valence-electron chi connectivity index (χ3n) is 4.33. The Labute approximate surface area is 163 Å². The molecule has 4 rings (SSSR count). The molecule has 0 spiro atoms. The van der Waals surface area contributed by atoms with Crippen molar-refractivity contribution in [3.63, 3.8) is 0 Å². The van der Waals surface area contributed by atoms with Gasteiger partial charge in [0.05, 0.1) is 36.6 Å². The topological polar surface area (TPSA) is 75.7 Å². The number of methoxy groups -OCH3 is 1. The zero-order chi connectivity index (χ0) is 17.9. The highest BCUT2D eigenvalue weighted by atomic mass is 35.5. The number of anilines is 1. The largest absolute Gasteiger partial charge is 0.497 e. The van der Waals surface area contributed by atoms with Crippen LogP contribution in [-0.2, 0) is 0 Å². The van der Waals surface area contributed by atoms with Crippen molar-refractivity contribution in [2.45, 2.75) is 13.0 Å². The van der Waals surface area contributed by atoms with Crippen molar-refractivity contribution in [3.05, 3.63) is 66.6 Å². The summed E-state index contributed by atoms with van der Waals surface area (Å²) in [6.07, 6.45) is 5.42. The van der Waals surface area contributed by atoms with E-state index in [1.165, 1.54) is 0 Å². The van der Waals surface area contributed by atoms with Crippen molar-refractivity contribution in [2.24, 2.45) is 0 Å². The van der Waals surface area contributed by atoms with Crippen molar-refractivity contribution < 1.29 is 4.74 Å². The summed E-state index contributed by atoms with van der Waals surface area (Å²) >= 11 is 0. The quantitative estimate of drug-likeness (QED) is 0.527. The Morgan fingerprint density at radius 3 is 2.70 bits per heavy atom. The fourth-order valence-corrected chi connectivity index (χ4v) is 2.88. The normalized spacial score (nSPS) is 11.6.